The first-order chi connectivity index (χ1) is 15.8. The molecular weight excluding hydrogens is 463 g/mol. The molecule has 1 aliphatic rings. The third-order valence-electron chi connectivity index (χ3n) is 6.45. The van der Waals surface area contributed by atoms with Gasteiger partial charge in [0.2, 0.25) is 0 Å². The minimum Gasteiger partial charge on any atom is -0.324 e. The second kappa shape index (κ2) is 12.5. The Bertz CT molecular complexity index is 930. The highest BCUT2D eigenvalue weighted by molar-refractivity contribution is 7.99. The molecule has 0 heterocycles. The number of rotatable bonds is 13. The lowest BCUT2D eigenvalue weighted by molar-refractivity contribution is 0.371. The molecule has 182 valence electrons. The van der Waals surface area contributed by atoms with Crippen molar-refractivity contribution in [1.29, 1.82) is 0 Å². The van der Waals surface area contributed by atoms with E-state index in [0.717, 1.165) is 43.4 Å². The molecule has 2 aromatic carbocycles. The summed E-state index contributed by atoms with van der Waals surface area (Å²) in [5.41, 5.74) is 2.24. The summed E-state index contributed by atoms with van der Waals surface area (Å²) in [4.78, 5) is 18.4. The summed E-state index contributed by atoms with van der Waals surface area (Å²) in [5, 5.41) is 3.09. The van der Waals surface area contributed by atoms with E-state index in [-0.39, 0.29) is 23.2 Å². The zero-order chi connectivity index (χ0) is 23.7. The quantitative estimate of drug-likeness (QED) is 0.170. The topological polar surface area (TPSA) is 69.6 Å². The maximum atomic E-state index is 14.5. The third kappa shape index (κ3) is 8.48. The van der Waals surface area contributed by atoms with Crippen LogP contribution in [0.3, 0.4) is 0 Å². The Morgan fingerprint density at radius 3 is 2.39 bits per heavy atom. The molecule has 2 aromatic rings. The van der Waals surface area contributed by atoms with Crippen LogP contribution in [0.5, 0.6) is 0 Å². The Balaban J connectivity index is 1.39. The van der Waals surface area contributed by atoms with Gasteiger partial charge in [0.1, 0.15) is 11.6 Å². The van der Waals surface area contributed by atoms with E-state index in [2.05, 4.69) is 5.32 Å². The Morgan fingerprint density at radius 2 is 1.73 bits per heavy atom. The van der Waals surface area contributed by atoms with Gasteiger partial charge in [-0.25, -0.2) is 8.78 Å². The van der Waals surface area contributed by atoms with E-state index in [1.54, 1.807) is 12.1 Å². The van der Waals surface area contributed by atoms with Gasteiger partial charge in [0.05, 0.1) is 6.16 Å². The fourth-order valence-corrected chi connectivity index (χ4v) is 6.20. The molecule has 0 atom stereocenters. The second-order valence-electron chi connectivity index (χ2n) is 8.98. The Hall–Kier alpha value is -1.24. The Kier molecular flexibility index (Phi) is 9.95. The monoisotopic (exact) mass is 497 g/mol. The second-order valence-corrected chi connectivity index (χ2v) is 11.9. The first-order valence-corrected chi connectivity index (χ1v) is 14.5. The van der Waals surface area contributed by atoms with Crippen molar-refractivity contribution in [3.8, 4) is 0 Å². The fraction of sp³-hybridized carbons (Fsp3) is 0.520. The van der Waals surface area contributed by atoms with E-state index >= 15 is 0 Å². The number of unbranched alkanes of at least 4 members (excludes halogenated alkanes) is 1. The van der Waals surface area contributed by atoms with Gasteiger partial charge in [-0.3, -0.25) is 4.57 Å². The van der Waals surface area contributed by atoms with Gasteiger partial charge >= 0.3 is 7.60 Å². The van der Waals surface area contributed by atoms with E-state index in [0.29, 0.717) is 24.4 Å². The molecule has 0 radical (unpaired) electrons. The molecule has 1 saturated carbocycles. The average Bonchev–Trinajstić information content (AvgIpc) is 3.24. The number of nitrogens with one attached hydrogen (secondary N) is 1. The molecule has 0 unspecified atom stereocenters. The van der Waals surface area contributed by atoms with Crippen LogP contribution in [0.4, 0.5) is 8.78 Å². The number of hydrogen-bond acceptors (Lipinski definition) is 3. The van der Waals surface area contributed by atoms with Crippen LogP contribution in [0.15, 0.2) is 47.4 Å². The van der Waals surface area contributed by atoms with Crippen molar-refractivity contribution in [2.75, 3.05) is 18.5 Å². The summed E-state index contributed by atoms with van der Waals surface area (Å²) >= 11 is 1.54. The largest absolute Gasteiger partial charge is 0.325 e. The van der Waals surface area contributed by atoms with Gasteiger partial charge in [-0.2, -0.15) is 0 Å². The van der Waals surface area contributed by atoms with Crippen molar-refractivity contribution >= 4 is 19.4 Å². The van der Waals surface area contributed by atoms with Crippen LogP contribution in [0, 0.1) is 11.6 Å². The Morgan fingerprint density at radius 1 is 1.00 bits per heavy atom. The molecule has 0 bridgehead atoms. The standard InChI is InChI=1S/C25H34F2NO3PS/c26-22-9-7-21(8-10-22)25(12-1-2-13-25)14-3-4-17-33-24-11-6-20(18-23(24)27)19-28-15-5-16-32(29,30)31/h6-11,18,28H,1-5,12-17,19H2,(H2,29,30,31). The predicted octanol–water partition coefficient (Wildman–Crippen LogP) is 6.40. The van der Waals surface area contributed by atoms with Crippen LogP contribution in [-0.4, -0.2) is 28.2 Å². The zero-order valence-corrected chi connectivity index (χ0v) is 20.7. The molecule has 0 spiro atoms. The predicted molar refractivity (Wildman–Crippen MR) is 131 cm³/mol. The summed E-state index contributed by atoms with van der Waals surface area (Å²) in [6.07, 6.45) is 8.18. The molecule has 1 aliphatic carbocycles. The average molecular weight is 498 g/mol. The van der Waals surface area contributed by atoms with Crippen molar-refractivity contribution < 1.29 is 23.1 Å². The normalized spacial score (nSPS) is 15.8. The summed E-state index contributed by atoms with van der Waals surface area (Å²) < 4.78 is 38.6. The van der Waals surface area contributed by atoms with Crippen molar-refractivity contribution in [1.82, 2.24) is 5.32 Å². The van der Waals surface area contributed by atoms with Crippen LogP contribution < -0.4 is 5.32 Å². The lowest BCUT2D eigenvalue weighted by atomic mass is 9.75. The molecule has 3 N–H and O–H groups in total. The number of benzene rings is 2. The first kappa shape index (κ1) is 26.4. The van der Waals surface area contributed by atoms with Crippen LogP contribution >= 0.6 is 19.4 Å². The SMILES string of the molecule is O=P(O)(O)CCCNCc1ccc(SCCCCC2(c3ccc(F)cc3)CCCC2)c(F)c1. The van der Waals surface area contributed by atoms with Crippen LogP contribution in [0.25, 0.3) is 0 Å². The minimum absolute atomic E-state index is 0.144. The van der Waals surface area contributed by atoms with Crippen molar-refractivity contribution in [3.63, 3.8) is 0 Å². The molecule has 8 heteroatoms. The smallest absolute Gasteiger partial charge is 0.324 e. The molecule has 33 heavy (non-hydrogen) atoms. The van der Waals surface area contributed by atoms with E-state index in [1.807, 2.05) is 24.3 Å². The van der Waals surface area contributed by atoms with E-state index in [4.69, 9.17) is 9.79 Å². The molecule has 0 aromatic heterocycles. The van der Waals surface area contributed by atoms with Gasteiger partial charge in [0.15, 0.2) is 0 Å². The number of hydrogen-bond donors (Lipinski definition) is 3. The summed E-state index contributed by atoms with van der Waals surface area (Å²) in [6, 6.07) is 12.2. The van der Waals surface area contributed by atoms with Gasteiger partial charge in [0.25, 0.3) is 0 Å². The number of halogens is 2. The molecule has 4 nitrogen and oxygen atoms in total. The van der Waals surface area contributed by atoms with E-state index < -0.39 is 7.60 Å². The van der Waals surface area contributed by atoms with Crippen LogP contribution in [0.1, 0.15) is 62.5 Å². The van der Waals surface area contributed by atoms with Crippen molar-refractivity contribution in [2.45, 2.75) is 68.2 Å². The van der Waals surface area contributed by atoms with Crippen LogP contribution in [0.2, 0.25) is 0 Å². The minimum atomic E-state index is -3.95. The zero-order valence-electron chi connectivity index (χ0n) is 18.9. The van der Waals surface area contributed by atoms with Gasteiger partial charge in [-0.15, -0.1) is 11.8 Å². The lowest BCUT2D eigenvalue weighted by Crippen LogP contribution is -2.22. The fourth-order valence-electron chi connectivity index (χ4n) is 4.70. The van der Waals surface area contributed by atoms with Crippen molar-refractivity contribution in [2.24, 2.45) is 0 Å². The summed E-state index contributed by atoms with van der Waals surface area (Å²) in [6.45, 7) is 0.942. The Labute approximate surface area is 199 Å². The molecule has 0 amide bonds. The van der Waals surface area contributed by atoms with Crippen molar-refractivity contribution in [3.05, 3.63) is 65.2 Å². The lowest BCUT2D eigenvalue weighted by Gasteiger charge is -2.30. The van der Waals surface area contributed by atoms with Gasteiger partial charge in [0, 0.05) is 11.4 Å². The highest BCUT2D eigenvalue weighted by Gasteiger charge is 2.34. The molecule has 3 rings (SSSR count). The van der Waals surface area contributed by atoms with Crippen LogP contribution in [-0.2, 0) is 16.5 Å². The summed E-state index contributed by atoms with van der Waals surface area (Å²) in [7, 11) is -3.95. The van der Waals surface area contributed by atoms with Gasteiger partial charge in [-0.05, 0) is 85.2 Å². The molecular formula is C25H34F2NO3PS. The van der Waals surface area contributed by atoms with E-state index in [1.165, 1.54) is 36.2 Å². The highest BCUT2D eigenvalue weighted by atomic mass is 32.2. The highest BCUT2D eigenvalue weighted by Crippen LogP contribution is 2.45. The van der Waals surface area contributed by atoms with E-state index in [9.17, 15) is 13.3 Å². The molecule has 1 fully saturated rings. The molecule has 0 aliphatic heterocycles. The maximum Gasteiger partial charge on any atom is 0.325 e. The van der Waals surface area contributed by atoms with Gasteiger partial charge < -0.3 is 15.1 Å². The molecule has 0 saturated heterocycles. The first-order valence-electron chi connectivity index (χ1n) is 11.7. The van der Waals surface area contributed by atoms with Gasteiger partial charge in [-0.1, -0.05) is 37.5 Å². The maximum absolute atomic E-state index is 14.5. The summed E-state index contributed by atoms with van der Waals surface area (Å²) in [5.74, 6) is 0.441. The number of thioether (sulfide) groups is 1. The third-order valence-corrected chi connectivity index (χ3v) is 8.49.